The molecular formula is C22H33N3O6S. The number of sulfonamides is 1. The van der Waals surface area contributed by atoms with Gasteiger partial charge in [-0.2, -0.15) is 0 Å². The van der Waals surface area contributed by atoms with Gasteiger partial charge in [0.15, 0.2) is 0 Å². The van der Waals surface area contributed by atoms with Crippen molar-refractivity contribution in [1.82, 2.24) is 9.80 Å². The molecule has 0 spiro atoms. The maximum absolute atomic E-state index is 13.2. The van der Waals surface area contributed by atoms with E-state index in [2.05, 4.69) is 4.72 Å². The molecule has 0 unspecified atom stereocenters. The van der Waals surface area contributed by atoms with E-state index < -0.39 is 10.0 Å². The molecule has 1 aliphatic heterocycles. The summed E-state index contributed by atoms with van der Waals surface area (Å²) < 4.78 is 37.4. The van der Waals surface area contributed by atoms with Gasteiger partial charge >= 0.3 is 0 Å². The van der Waals surface area contributed by atoms with Crippen LogP contribution in [0.15, 0.2) is 18.2 Å². The molecule has 1 aliphatic carbocycles. The minimum absolute atomic E-state index is 0.0145. The maximum atomic E-state index is 13.2. The molecule has 1 aromatic carbocycles. The molecule has 0 aromatic heterocycles. The van der Waals surface area contributed by atoms with Crippen LogP contribution < -0.4 is 9.46 Å². The fraction of sp³-hybridized carbons (Fsp3) is 0.636. The van der Waals surface area contributed by atoms with Gasteiger partial charge in [0, 0.05) is 45.1 Å². The minimum Gasteiger partial charge on any atom is -0.491 e. The highest BCUT2D eigenvalue weighted by atomic mass is 32.2. The summed E-state index contributed by atoms with van der Waals surface area (Å²) in [5, 5.41) is 0. The lowest BCUT2D eigenvalue weighted by Crippen LogP contribution is -2.49. The van der Waals surface area contributed by atoms with Crippen molar-refractivity contribution in [2.24, 2.45) is 11.8 Å². The van der Waals surface area contributed by atoms with Gasteiger partial charge in [-0.1, -0.05) is 6.92 Å². The first-order valence-corrected chi connectivity index (χ1v) is 12.7. The number of likely N-dealkylation sites (N-methyl/N-ethyl adjacent to an activating group) is 1. The first-order chi connectivity index (χ1) is 15.0. The molecule has 3 rings (SSSR count). The minimum atomic E-state index is -3.49. The van der Waals surface area contributed by atoms with Gasteiger partial charge < -0.3 is 19.3 Å². The van der Waals surface area contributed by atoms with Crippen LogP contribution in [-0.4, -0.2) is 82.3 Å². The van der Waals surface area contributed by atoms with Gasteiger partial charge in [-0.05, 0) is 31.9 Å². The lowest BCUT2D eigenvalue weighted by molar-refractivity contribution is -0.136. The van der Waals surface area contributed by atoms with Gasteiger partial charge in [0.1, 0.15) is 12.4 Å². The van der Waals surface area contributed by atoms with Crippen molar-refractivity contribution < 1.29 is 27.5 Å². The smallest absolute Gasteiger partial charge is 0.257 e. The number of anilines is 1. The molecule has 1 saturated carbocycles. The predicted octanol–water partition coefficient (Wildman–Crippen LogP) is 1.80. The van der Waals surface area contributed by atoms with Gasteiger partial charge in [0.25, 0.3) is 5.91 Å². The quantitative estimate of drug-likeness (QED) is 0.724. The van der Waals surface area contributed by atoms with Crippen LogP contribution in [0.25, 0.3) is 0 Å². The summed E-state index contributed by atoms with van der Waals surface area (Å²) in [6, 6.07) is 4.36. The number of hydrogen-bond acceptors (Lipinski definition) is 6. The average molecular weight is 468 g/mol. The Morgan fingerprint density at radius 3 is 2.50 bits per heavy atom. The standard InChI is InChI=1S/C22H33N3O6S/c1-14-11-25(21(26)16-6-7-16)15(2)13-31-19-10-17(23-32(5,28)29)8-9-18(19)22(27)24(3)12-20(14)30-4/h8-10,14-16,20,23H,6-7,11-13H2,1-5H3/t14-,15-,20-/m1/s1. The van der Waals surface area contributed by atoms with Crippen molar-refractivity contribution in [2.45, 2.75) is 38.8 Å². The Bertz CT molecular complexity index is 962. The van der Waals surface area contributed by atoms with Crippen LogP contribution in [-0.2, 0) is 19.6 Å². The second kappa shape index (κ2) is 9.66. The molecule has 1 heterocycles. The van der Waals surface area contributed by atoms with Gasteiger partial charge in [0.05, 0.1) is 29.7 Å². The van der Waals surface area contributed by atoms with E-state index in [1.807, 2.05) is 18.7 Å². The zero-order valence-corrected chi connectivity index (χ0v) is 20.1. The summed E-state index contributed by atoms with van der Waals surface area (Å²) in [5.41, 5.74) is 0.623. The number of fused-ring (bicyclic) bond motifs is 1. The molecule has 3 atom stereocenters. The van der Waals surface area contributed by atoms with Gasteiger partial charge in [-0.25, -0.2) is 8.42 Å². The number of hydrogen-bond donors (Lipinski definition) is 1. The number of carbonyl (C=O) groups is 2. The summed E-state index contributed by atoms with van der Waals surface area (Å²) in [7, 11) is -0.186. The summed E-state index contributed by atoms with van der Waals surface area (Å²) in [6.45, 7) is 4.97. The number of nitrogens with one attached hydrogen (secondary N) is 1. The van der Waals surface area contributed by atoms with Gasteiger partial charge in [-0.15, -0.1) is 0 Å². The maximum Gasteiger partial charge on any atom is 0.257 e. The second-order valence-corrected chi connectivity index (χ2v) is 10.7. The molecule has 0 bridgehead atoms. The van der Waals surface area contributed by atoms with Crippen molar-refractivity contribution in [3.8, 4) is 5.75 Å². The molecule has 2 amide bonds. The van der Waals surface area contributed by atoms with Gasteiger partial charge in [-0.3, -0.25) is 14.3 Å². The fourth-order valence-corrected chi connectivity index (χ4v) is 4.48. The molecule has 0 saturated heterocycles. The van der Waals surface area contributed by atoms with Crippen LogP contribution >= 0.6 is 0 Å². The molecule has 2 aliphatic rings. The van der Waals surface area contributed by atoms with Crippen molar-refractivity contribution in [2.75, 3.05) is 44.8 Å². The van der Waals surface area contributed by atoms with Crippen molar-refractivity contribution in [1.29, 1.82) is 0 Å². The Morgan fingerprint density at radius 1 is 1.22 bits per heavy atom. The SMILES string of the molecule is CO[C@@H]1CN(C)C(=O)c2ccc(NS(C)(=O)=O)cc2OC[C@@H](C)N(C(=O)C2CC2)C[C@H]1C. The monoisotopic (exact) mass is 467 g/mol. The highest BCUT2D eigenvalue weighted by Crippen LogP contribution is 2.33. The number of amides is 2. The lowest BCUT2D eigenvalue weighted by Gasteiger charge is -2.36. The third-order valence-electron chi connectivity index (χ3n) is 5.96. The Hall–Kier alpha value is -2.33. The molecule has 1 fully saturated rings. The normalized spacial score (nSPS) is 25.3. The molecular weight excluding hydrogens is 434 g/mol. The van der Waals surface area contributed by atoms with E-state index in [4.69, 9.17) is 9.47 Å². The van der Waals surface area contributed by atoms with Crippen molar-refractivity contribution in [3.63, 3.8) is 0 Å². The third-order valence-corrected chi connectivity index (χ3v) is 6.57. The molecule has 0 radical (unpaired) electrons. The highest BCUT2D eigenvalue weighted by Gasteiger charge is 2.37. The van der Waals surface area contributed by atoms with Crippen LogP contribution in [0.3, 0.4) is 0 Å². The van der Waals surface area contributed by atoms with E-state index in [9.17, 15) is 18.0 Å². The van der Waals surface area contributed by atoms with Gasteiger partial charge in [0.2, 0.25) is 15.9 Å². The molecule has 32 heavy (non-hydrogen) atoms. The largest absolute Gasteiger partial charge is 0.491 e. The Labute approximate surface area is 190 Å². The summed E-state index contributed by atoms with van der Waals surface area (Å²) in [6.07, 6.45) is 2.62. The van der Waals surface area contributed by atoms with E-state index in [1.54, 1.807) is 25.1 Å². The Kier molecular flexibility index (Phi) is 7.34. The Balaban J connectivity index is 1.97. The van der Waals surface area contributed by atoms with E-state index in [1.165, 1.54) is 12.1 Å². The molecule has 178 valence electrons. The number of ether oxygens (including phenoxy) is 2. The van der Waals surface area contributed by atoms with Crippen molar-refractivity contribution >= 4 is 27.5 Å². The summed E-state index contributed by atoms with van der Waals surface area (Å²) in [4.78, 5) is 29.6. The van der Waals surface area contributed by atoms with E-state index >= 15 is 0 Å². The average Bonchev–Trinajstić information content (AvgIpc) is 3.56. The lowest BCUT2D eigenvalue weighted by atomic mass is 10.0. The number of nitrogens with zero attached hydrogens (tertiary/aromatic N) is 2. The number of carbonyl (C=O) groups excluding carboxylic acids is 2. The molecule has 10 heteroatoms. The van der Waals surface area contributed by atoms with Crippen LogP contribution in [0.4, 0.5) is 5.69 Å². The predicted molar refractivity (Wildman–Crippen MR) is 121 cm³/mol. The van der Waals surface area contributed by atoms with Crippen LogP contribution in [0.1, 0.15) is 37.0 Å². The van der Waals surface area contributed by atoms with E-state index in [-0.39, 0.29) is 48.2 Å². The number of rotatable bonds is 4. The Morgan fingerprint density at radius 2 is 1.91 bits per heavy atom. The topological polar surface area (TPSA) is 105 Å². The summed E-state index contributed by atoms with van der Waals surface area (Å²) in [5.74, 6) is 0.223. The van der Waals surface area contributed by atoms with Crippen LogP contribution in [0.2, 0.25) is 0 Å². The van der Waals surface area contributed by atoms with Crippen LogP contribution in [0, 0.1) is 11.8 Å². The van der Waals surface area contributed by atoms with E-state index in [0.29, 0.717) is 24.3 Å². The first kappa shape index (κ1) is 24.3. The zero-order valence-electron chi connectivity index (χ0n) is 19.3. The highest BCUT2D eigenvalue weighted by molar-refractivity contribution is 7.92. The molecule has 1 aromatic rings. The third kappa shape index (κ3) is 5.92. The first-order valence-electron chi connectivity index (χ1n) is 10.8. The van der Waals surface area contributed by atoms with Crippen LogP contribution in [0.5, 0.6) is 5.75 Å². The summed E-state index contributed by atoms with van der Waals surface area (Å²) >= 11 is 0. The zero-order chi connectivity index (χ0) is 23.6. The second-order valence-electron chi connectivity index (χ2n) is 8.95. The van der Waals surface area contributed by atoms with Crippen molar-refractivity contribution in [3.05, 3.63) is 23.8 Å². The fourth-order valence-electron chi connectivity index (χ4n) is 3.92. The molecule has 9 nitrogen and oxygen atoms in total. The van der Waals surface area contributed by atoms with E-state index in [0.717, 1.165) is 19.1 Å². The number of methoxy groups -OCH3 is 1. The molecule has 1 N–H and O–H groups in total. The number of benzene rings is 1.